The molecule has 1 aliphatic carbocycles. The molecule has 6 heteroatoms. The molecular weight excluding hydrogens is 254 g/mol. The monoisotopic (exact) mass is 271 g/mol. The zero-order valence-corrected chi connectivity index (χ0v) is 11.3. The minimum absolute atomic E-state index is 0.104. The highest BCUT2D eigenvalue weighted by atomic mass is 35.5. The Hall–Kier alpha value is -1.07. The standard InChI is InChI=1S/C12H18ClN3O2/c1-8(2)15-12(11(17)18,9-3-4-9)7-16-6-10(13)5-14-16/h5-6,8-9,15H,3-4,7H2,1-2H3,(H,17,18). The van der Waals surface area contributed by atoms with E-state index in [1.165, 1.54) is 6.20 Å². The topological polar surface area (TPSA) is 67.2 Å². The van der Waals surface area contributed by atoms with Crippen LogP contribution in [0.1, 0.15) is 26.7 Å². The van der Waals surface area contributed by atoms with Gasteiger partial charge in [-0.15, -0.1) is 0 Å². The Bertz CT molecular complexity index is 442. The van der Waals surface area contributed by atoms with E-state index < -0.39 is 11.5 Å². The van der Waals surface area contributed by atoms with Crippen LogP contribution in [-0.4, -0.2) is 32.4 Å². The minimum atomic E-state index is -0.941. The molecule has 5 nitrogen and oxygen atoms in total. The first kappa shape index (κ1) is 13.4. The van der Waals surface area contributed by atoms with Crippen molar-refractivity contribution in [2.45, 2.75) is 44.8 Å². The van der Waals surface area contributed by atoms with Gasteiger partial charge in [0.15, 0.2) is 0 Å². The highest BCUT2D eigenvalue weighted by molar-refractivity contribution is 6.30. The SMILES string of the molecule is CC(C)NC(Cn1cc(Cl)cn1)(C(=O)O)C1CC1. The first-order chi connectivity index (χ1) is 8.44. The highest BCUT2D eigenvalue weighted by Gasteiger charge is 2.51. The quantitative estimate of drug-likeness (QED) is 0.827. The van der Waals surface area contributed by atoms with Gasteiger partial charge in [0.25, 0.3) is 0 Å². The molecule has 1 saturated carbocycles. The third-order valence-corrected chi connectivity index (χ3v) is 3.41. The predicted molar refractivity (Wildman–Crippen MR) is 68.6 cm³/mol. The summed E-state index contributed by atoms with van der Waals surface area (Å²) in [6, 6.07) is 0.104. The Balaban J connectivity index is 2.25. The number of halogens is 1. The fourth-order valence-electron chi connectivity index (χ4n) is 2.37. The summed E-state index contributed by atoms with van der Waals surface area (Å²) in [5.41, 5.74) is -0.941. The molecule has 1 aliphatic rings. The van der Waals surface area contributed by atoms with Gasteiger partial charge in [0.2, 0.25) is 0 Å². The second-order valence-corrected chi connectivity index (χ2v) is 5.64. The van der Waals surface area contributed by atoms with Crippen molar-refractivity contribution in [2.24, 2.45) is 5.92 Å². The van der Waals surface area contributed by atoms with Crippen molar-refractivity contribution >= 4 is 17.6 Å². The summed E-state index contributed by atoms with van der Waals surface area (Å²) in [5, 5.41) is 17.4. The Kier molecular flexibility index (Phi) is 3.64. The molecule has 0 radical (unpaired) electrons. The van der Waals surface area contributed by atoms with Crippen molar-refractivity contribution in [2.75, 3.05) is 0 Å². The normalized spacial score (nSPS) is 18.9. The third kappa shape index (κ3) is 2.67. The van der Waals surface area contributed by atoms with Crippen molar-refractivity contribution in [3.63, 3.8) is 0 Å². The molecular formula is C12H18ClN3O2. The van der Waals surface area contributed by atoms with Gasteiger partial charge >= 0.3 is 5.97 Å². The molecule has 1 atom stereocenters. The summed E-state index contributed by atoms with van der Waals surface area (Å²) >= 11 is 5.82. The van der Waals surface area contributed by atoms with Crippen LogP contribution in [0.5, 0.6) is 0 Å². The molecule has 2 rings (SSSR count). The predicted octanol–water partition coefficient (Wildman–Crippen LogP) is 1.77. The van der Waals surface area contributed by atoms with Crippen LogP contribution in [0.2, 0.25) is 5.02 Å². The molecule has 0 spiro atoms. The van der Waals surface area contributed by atoms with Crippen LogP contribution >= 0.6 is 11.6 Å². The number of rotatable bonds is 6. The van der Waals surface area contributed by atoms with Crippen molar-refractivity contribution in [1.82, 2.24) is 15.1 Å². The van der Waals surface area contributed by atoms with Crippen LogP contribution in [-0.2, 0) is 11.3 Å². The molecule has 1 heterocycles. The van der Waals surface area contributed by atoms with E-state index in [2.05, 4.69) is 10.4 Å². The number of nitrogens with one attached hydrogen (secondary N) is 1. The second kappa shape index (κ2) is 4.90. The minimum Gasteiger partial charge on any atom is -0.480 e. The number of nitrogens with zero attached hydrogens (tertiary/aromatic N) is 2. The van der Waals surface area contributed by atoms with Crippen molar-refractivity contribution < 1.29 is 9.90 Å². The number of aromatic nitrogens is 2. The smallest absolute Gasteiger partial charge is 0.326 e. The Morgan fingerprint density at radius 1 is 1.72 bits per heavy atom. The molecule has 0 aliphatic heterocycles. The van der Waals surface area contributed by atoms with Gasteiger partial charge in [0.1, 0.15) is 5.54 Å². The van der Waals surface area contributed by atoms with Crippen molar-refractivity contribution in [3.8, 4) is 0 Å². The van der Waals surface area contributed by atoms with E-state index in [9.17, 15) is 9.90 Å². The fourth-order valence-corrected chi connectivity index (χ4v) is 2.52. The zero-order valence-electron chi connectivity index (χ0n) is 10.6. The fraction of sp³-hybridized carbons (Fsp3) is 0.667. The summed E-state index contributed by atoms with van der Waals surface area (Å²) in [4.78, 5) is 11.7. The Morgan fingerprint density at radius 3 is 2.78 bits per heavy atom. The van der Waals surface area contributed by atoms with E-state index in [1.54, 1.807) is 10.9 Å². The van der Waals surface area contributed by atoms with Crippen LogP contribution in [0.25, 0.3) is 0 Å². The molecule has 0 bridgehead atoms. The average Bonchev–Trinajstić information content (AvgIpc) is 3.02. The maximum Gasteiger partial charge on any atom is 0.326 e. The molecule has 0 aromatic carbocycles. The maximum absolute atomic E-state index is 11.7. The number of carbonyl (C=O) groups is 1. The largest absolute Gasteiger partial charge is 0.480 e. The highest BCUT2D eigenvalue weighted by Crippen LogP contribution is 2.41. The molecule has 1 fully saturated rings. The van der Waals surface area contributed by atoms with Crippen LogP contribution in [0.4, 0.5) is 0 Å². The van der Waals surface area contributed by atoms with Crippen LogP contribution < -0.4 is 5.32 Å². The van der Waals surface area contributed by atoms with Crippen LogP contribution in [0.3, 0.4) is 0 Å². The summed E-state index contributed by atoms with van der Waals surface area (Å²) in [5.74, 6) is -0.648. The number of hydrogen-bond acceptors (Lipinski definition) is 3. The van der Waals surface area contributed by atoms with E-state index >= 15 is 0 Å². The van der Waals surface area contributed by atoms with Gasteiger partial charge in [-0.3, -0.25) is 14.8 Å². The molecule has 1 unspecified atom stereocenters. The summed E-state index contributed by atoms with van der Waals surface area (Å²) in [7, 11) is 0. The van der Waals surface area contributed by atoms with Gasteiger partial charge in [0.05, 0.1) is 17.8 Å². The first-order valence-electron chi connectivity index (χ1n) is 6.13. The molecule has 1 aromatic heterocycles. The van der Waals surface area contributed by atoms with Gasteiger partial charge in [-0.2, -0.15) is 5.10 Å². The van der Waals surface area contributed by atoms with Crippen LogP contribution in [0, 0.1) is 5.92 Å². The number of carboxylic acid groups (broad SMARTS) is 1. The van der Waals surface area contributed by atoms with E-state index in [4.69, 9.17) is 11.6 Å². The van der Waals surface area contributed by atoms with Gasteiger partial charge in [0, 0.05) is 12.2 Å². The van der Waals surface area contributed by atoms with Gasteiger partial charge in [-0.25, -0.2) is 0 Å². The number of hydrogen-bond donors (Lipinski definition) is 2. The van der Waals surface area contributed by atoms with Gasteiger partial charge in [-0.05, 0) is 32.6 Å². The maximum atomic E-state index is 11.7. The van der Waals surface area contributed by atoms with E-state index in [-0.39, 0.29) is 12.0 Å². The lowest BCUT2D eigenvalue weighted by Crippen LogP contribution is -2.59. The number of aliphatic carboxylic acids is 1. The van der Waals surface area contributed by atoms with Crippen LogP contribution in [0.15, 0.2) is 12.4 Å². The zero-order chi connectivity index (χ0) is 13.3. The van der Waals surface area contributed by atoms with Gasteiger partial charge in [-0.1, -0.05) is 11.6 Å². The average molecular weight is 272 g/mol. The molecule has 1 aromatic rings. The molecule has 2 N–H and O–H groups in total. The molecule has 18 heavy (non-hydrogen) atoms. The molecule has 0 amide bonds. The lowest BCUT2D eigenvalue weighted by atomic mass is 9.92. The second-order valence-electron chi connectivity index (χ2n) is 5.21. The van der Waals surface area contributed by atoms with Crippen molar-refractivity contribution in [3.05, 3.63) is 17.4 Å². The number of carboxylic acids is 1. The Morgan fingerprint density at radius 2 is 2.39 bits per heavy atom. The lowest BCUT2D eigenvalue weighted by Gasteiger charge is -2.32. The molecule has 100 valence electrons. The first-order valence-corrected chi connectivity index (χ1v) is 6.51. The van der Waals surface area contributed by atoms with E-state index in [0.717, 1.165) is 12.8 Å². The van der Waals surface area contributed by atoms with Crippen molar-refractivity contribution in [1.29, 1.82) is 0 Å². The Labute approximate surface area is 111 Å². The molecule has 0 saturated heterocycles. The van der Waals surface area contributed by atoms with E-state index in [1.807, 2.05) is 13.8 Å². The third-order valence-electron chi connectivity index (χ3n) is 3.22. The van der Waals surface area contributed by atoms with Gasteiger partial charge < -0.3 is 5.11 Å². The van der Waals surface area contributed by atoms with E-state index in [0.29, 0.717) is 11.6 Å². The summed E-state index contributed by atoms with van der Waals surface area (Å²) in [6.45, 7) is 4.21. The summed E-state index contributed by atoms with van der Waals surface area (Å²) < 4.78 is 1.60. The lowest BCUT2D eigenvalue weighted by molar-refractivity contribution is -0.147. The summed E-state index contributed by atoms with van der Waals surface area (Å²) in [6.07, 6.45) is 5.07.